The van der Waals surface area contributed by atoms with Gasteiger partial charge in [-0.3, -0.25) is 14.2 Å². The fourth-order valence-electron chi connectivity index (χ4n) is 4.79. The summed E-state index contributed by atoms with van der Waals surface area (Å²) in [4.78, 5) is 31.7. The zero-order valence-corrected chi connectivity index (χ0v) is 21.4. The molecule has 0 saturated heterocycles. The molecule has 8 nitrogen and oxygen atoms in total. The van der Waals surface area contributed by atoms with E-state index in [2.05, 4.69) is 39.2 Å². The number of hydrogen-bond acceptors (Lipinski definition) is 6. The number of imidazole rings is 1. The SMILES string of the molecule is COC(=O)CCNC(=O)c1ccc(C(Nc2cccc(-n3cnc(C(F)(F)F)c3)n2)C2CC(C)(C)C2)cc1. The van der Waals surface area contributed by atoms with Gasteiger partial charge in [0.2, 0.25) is 0 Å². The van der Waals surface area contributed by atoms with Gasteiger partial charge in [-0.2, -0.15) is 13.2 Å². The smallest absolute Gasteiger partial charge is 0.434 e. The van der Waals surface area contributed by atoms with Crippen LogP contribution in [0.25, 0.3) is 5.82 Å². The number of nitrogens with zero attached hydrogens (tertiary/aromatic N) is 3. The molecule has 3 aromatic rings. The van der Waals surface area contributed by atoms with E-state index in [1.807, 2.05) is 12.1 Å². The van der Waals surface area contributed by atoms with Crippen molar-refractivity contribution in [3.63, 3.8) is 0 Å². The second-order valence-corrected chi connectivity index (χ2v) is 10.2. The first-order valence-corrected chi connectivity index (χ1v) is 12.3. The van der Waals surface area contributed by atoms with Crippen molar-refractivity contribution in [2.45, 2.75) is 45.3 Å². The largest absolute Gasteiger partial charge is 0.469 e. The van der Waals surface area contributed by atoms with Crippen molar-refractivity contribution in [1.29, 1.82) is 0 Å². The third-order valence-corrected chi connectivity index (χ3v) is 6.65. The highest BCUT2D eigenvalue weighted by molar-refractivity contribution is 5.94. The van der Waals surface area contributed by atoms with Crippen molar-refractivity contribution < 1.29 is 27.5 Å². The van der Waals surface area contributed by atoms with Gasteiger partial charge in [-0.1, -0.05) is 32.0 Å². The van der Waals surface area contributed by atoms with Gasteiger partial charge in [0.05, 0.1) is 19.6 Å². The lowest BCUT2D eigenvalue weighted by molar-refractivity contribution is -0.141. The number of carbonyl (C=O) groups is 2. The topological polar surface area (TPSA) is 98.1 Å². The quantitative estimate of drug-likeness (QED) is 0.371. The van der Waals surface area contributed by atoms with Crippen LogP contribution < -0.4 is 10.6 Å². The molecule has 0 bridgehead atoms. The van der Waals surface area contributed by atoms with Gasteiger partial charge in [-0.25, -0.2) is 9.97 Å². The van der Waals surface area contributed by atoms with Gasteiger partial charge in [0.15, 0.2) is 5.69 Å². The summed E-state index contributed by atoms with van der Waals surface area (Å²) in [6.07, 6.45) is -0.476. The van der Waals surface area contributed by atoms with E-state index in [1.165, 1.54) is 11.7 Å². The number of nitrogens with one attached hydrogen (secondary N) is 2. The van der Waals surface area contributed by atoms with Crippen LogP contribution in [0.2, 0.25) is 0 Å². The fraction of sp³-hybridized carbons (Fsp3) is 0.407. The molecular weight excluding hydrogens is 499 g/mol. The van der Waals surface area contributed by atoms with E-state index in [4.69, 9.17) is 0 Å². The van der Waals surface area contributed by atoms with Crippen molar-refractivity contribution in [1.82, 2.24) is 19.9 Å². The Morgan fingerprint density at radius 2 is 1.87 bits per heavy atom. The lowest BCUT2D eigenvalue weighted by Gasteiger charge is -2.47. The van der Waals surface area contributed by atoms with Gasteiger partial charge >= 0.3 is 12.1 Å². The van der Waals surface area contributed by atoms with Gasteiger partial charge in [-0.15, -0.1) is 0 Å². The summed E-state index contributed by atoms with van der Waals surface area (Å²) < 4.78 is 44.8. The molecule has 1 aliphatic carbocycles. The molecule has 11 heteroatoms. The number of hydrogen-bond donors (Lipinski definition) is 2. The molecule has 38 heavy (non-hydrogen) atoms. The van der Waals surface area contributed by atoms with Crippen molar-refractivity contribution in [3.8, 4) is 5.82 Å². The first-order valence-electron chi connectivity index (χ1n) is 12.3. The van der Waals surface area contributed by atoms with E-state index >= 15 is 0 Å². The van der Waals surface area contributed by atoms with Crippen LogP contribution in [0.1, 0.15) is 60.8 Å². The molecule has 2 heterocycles. The zero-order valence-electron chi connectivity index (χ0n) is 21.4. The van der Waals surface area contributed by atoms with E-state index < -0.39 is 17.8 Å². The second-order valence-electron chi connectivity index (χ2n) is 10.2. The molecule has 4 rings (SSSR count). The van der Waals surface area contributed by atoms with Gasteiger partial charge in [0.25, 0.3) is 5.91 Å². The Bertz CT molecular complexity index is 1280. The minimum absolute atomic E-state index is 0.0897. The van der Waals surface area contributed by atoms with Crippen LogP contribution in [0.5, 0.6) is 0 Å². The summed E-state index contributed by atoms with van der Waals surface area (Å²) in [5.74, 6) is 0.446. The van der Waals surface area contributed by atoms with Crippen LogP contribution in [-0.4, -0.2) is 40.1 Å². The molecule has 1 fully saturated rings. The second kappa shape index (κ2) is 10.8. The van der Waals surface area contributed by atoms with Crippen LogP contribution in [-0.2, 0) is 15.7 Å². The normalized spacial score (nSPS) is 15.8. The molecular formula is C27H30F3N5O3. The van der Waals surface area contributed by atoms with Crippen LogP contribution >= 0.6 is 0 Å². The molecule has 2 N–H and O–H groups in total. The summed E-state index contributed by atoms with van der Waals surface area (Å²) in [5.41, 5.74) is 0.656. The molecule has 0 aliphatic heterocycles. The van der Waals surface area contributed by atoms with Crippen molar-refractivity contribution in [2.24, 2.45) is 11.3 Å². The molecule has 1 aromatic carbocycles. The monoisotopic (exact) mass is 529 g/mol. The molecule has 1 atom stereocenters. The maximum absolute atomic E-state index is 13.0. The number of ether oxygens (including phenoxy) is 1. The first-order chi connectivity index (χ1) is 17.9. The molecule has 1 saturated carbocycles. The summed E-state index contributed by atoms with van der Waals surface area (Å²) in [6, 6.07) is 12.2. The number of pyridine rings is 1. The maximum Gasteiger partial charge on any atom is 0.434 e. The summed E-state index contributed by atoms with van der Waals surface area (Å²) >= 11 is 0. The van der Waals surface area contributed by atoms with Gasteiger partial charge in [0, 0.05) is 18.3 Å². The fourth-order valence-corrected chi connectivity index (χ4v) is 4.79. The molecule has 0 spiro atoms. The Morgan fingerprint density at radius 1 is 1.16 bits per heavy atom. The van der Waals surface area contributed by atoms with Gasteiger partial charge < -0.3 is 15.4 Å². The molecule has 2 aromatic heterocycles. The van der Waals surface area contributed by atoms with Crippen LogP contribution in [0.3, 0.4) is 0 Å². The number of anilines is 1. The average molecular weight is 530 g/mol. The number of carbonyl (C=O) groups excluding carboxylic acids is 2. The molecule has 1 aliphatic rings. The highest BCUT2D eigenvalue weighted by Gasteiger charge is 2.41. The summed E-state index contributed by atoms with van der Waals surface area (Å²) in [5, 5.41) is 6.16. The van der Waals surface area contributed by atoms with Gasteiger partial charge in [-0.05, 0) is 54.0 Å². The maximum atomic E-state index is 13.0. The summed E-state index contributed by atoms with van der Waals surface area (Å²) in [6.45, 7) is 4.59. The van der Waals surface area contributed by atoms with E-state index in [9.17, 15) is 22.8 Å². The third kappa shape index (κ3) is 6.51. The Labute approximate surface area is 218 Å². The van der Waals surface area contributed by atoms with Crippen molar-refractivity contribution in [3.05, 3.63) is 71.8 Å². The number of alkyl halides is 3. The minimum Gasteiger partial charge on any atom is -0.469 e. The predicted molar refractivity (Wildman–Crippen MR) is 135 cm³/mol. The lowest BCUT2D eigenvalue weighted by atomic mass is 9.61. The number of rotatable bonds is 9. The van der Waals surface area contributed by atoms with E-state index in [-0.39, 0.29) is 30.3 Å². The highest BCUT2D eigenvalue weighted by Crippen LogP contribution is 2.51. The number of halogens is 3. The number of amides is 1. The van der Waals surface area contributed by atoms with Crippen LogP contribution in [0, 0.1) is 11.3 Å². The Balaban J connectivity index is 1.51. The third-order valence-electron chi connectivity index (χ3n) is 6.65. The molecule has 1 amide bonds. The Morgan fingerprint density at radius 3 is 2.47 bits per heavy atom. The average Bonchev–Trinajstić information content (AvgIpc) is 3.37. The van der Waals surface area contributed by atoms with Crippen molar-refractivity contribution in [2.75, 3.05) is 19.0 Å². The number of benzene rings is 1. The molecule has 202 valence electrons. The molecule has 0 radical (unpaired) electrons. The van der Waals surface area contributed by atoms with E-state index in [0.717, 1.165) is 30.9 Å². The molecule has 1 unspecified atom stereocenters. The highest BCUT2D eigenvalue weighted by atomic mass is 19.4. The standard InChI is InChI=1S/C27H30F3N5O3/c1-26(2)13-19(14-26)24(17-7-9-18(10-8-17)25(37)31-12-11-23(36)38-3)34-21-5-4-6-22(33-21)35-15-20(32-16-35)27(28,29)30/h4-10,15-16,19,24H,11-14H2,1-3H3,(H,31,37)(H,33,34). The minimum atomic E-state index is -4.53. The number of methoxy groups -OCH3 is 1. The van der Waals surface area contributed by atoms with Crippen LogP contribution in [0.15, 0.2) is 55.0 Å². The zero-order chi connectivity index (χ0) is 27.5. The Hall–Kier alpha value is -3.89. The number of esters is 1. The summed E-state index contributed by atoms with van der Waals surface area (Å²) in [7, 11) is 1.30. The number of aromatic nitrogens is 3. The van der Waals surface area contributed by atoms with E-state index in [1.54, 1.807) is 30.3 Å². The van der Waals surface area contributed by atoms with Crippen LogP contribution in [0.4, 0.5) is 19.0 Å². The first kappa shape index (κ1) is 27.2. The predicted octanol–water partition coefficient (Wildman–Crippen LogP) is 5.17. The van der Waals surface area contributed by atoms with E-state index in [0.29, 0.717) is 23.1 Å². The Kier molecular flexibility index (Phi) is 7.75. The lowest BCUT2D eigenvalue weighted by Crippen LogP contribution is -2.38. The van der Waals surface area contributed by atoms with Gasteiger partial charge in [0.1, 0.15) is 18.0 Å². The van der Waals surface area contributed by atoms with Crippen molar-refractivity contribution >= 4 is 17.7 Å².